The molecule has 0 saturated carbocycles. The van der Waals surface area contributed by atoms with Crippen LogP contribution in [0.4, 0.5) is 0 Å². The van der Waals surface area contributed by atoms with Gasteiger partial charge in [0.2, 0.25) is 0 Å². The zero-order valence-electron chi connectivity index (χ0n) is 6.37. The number of carbonyl (C=O) groups excluding carboxylic acids is 1. The molecule has 2 nitrogen and oxygen atoms in total. The Morgan fingerprint density at radius 3 is 3.17 bits per heavy atom. The van der Waals surface area contributed by atoms with Crippen LogP contribution in [0.1, 0.15) is 6.42 Å². The number of carbonyl (C=O) groups is 1. The van der Waals surface area contributed by atoms with Gasteiger partial charge in [-0.3, -0.25) is 0 Å². The fourth-order valence-corrected chi connectivity index (χ4v) is 1.72. The van der Waals surface area contributed by atoms with Crippen LogP contribution in [0.25, 0.3) is 0 Å². The highest BCUT2D eigenvalue weighted by Crippen LogP contribution is 2.23. The maximum atomic E-state index is 10.0. The van der Waals surface area contributed by atoms with Gasteiger partial charge in [-0.2, -0.15) is 0 Å². The smallest absolute Gasteiger partial charge is 0.120 e. The number of hydrogen-bond donors (Lipinski definition) is 0. The van der Waals surface area contributed by atoms with Gasteiger partial charge in [0.05, 0.1) is 5.02 Å². The standard InChI is InChI=1S/C8H8ClNOS/c9-7-3-1-4-10-8(7)12-6-2-5-11/h1,3-5H,2,6H2. The van der Waals surface area contributed by atoms with E-state index in [2.05, 4.69) is 4.98 Å². The number of thioether (sulfide) groups is 1. The summed E-state index contributed by atoms with van der Waals surface area (Å²) in [5, 5.41) is 1.44. The average molecular weight is 202 g/mol. The first-order chi connectivity index (χ1) is 5.84. The van der Waals surface area contributed by atoms with Crippen molar-refractivity contribution in [2.45, 2.75) is 11.4 Å². The van der Waals surface area contributed by atoms with Gasteiger partial charge in [-0.15, -0.1) is 11.8 Å². The molecule has 1 heterocycles. The van der Waals surface area contributed by atoms with Gasteiger partial charge in [0.25, 0.3) is 0 Å². The molecule has 4 heteroatoms. The summed E-state index contributed by atoms with van der Waals surface area (Å²) in [5.74, 6) is 0.736. The number of pyridine rings is 1. The molecule has 0 atom stereocenters. The minimum atomic E-state index is 0.539. The lowest BCUT2D eigenvalue weighted by atomic mass is 10.5. The van der Waals surface area contributed by atoms with E-state index in [1.165, 1.54) is 11.8 Å². The van der Waals surface area contributed by atoms with Gasteiger partial charge in [0.15, 0.2) is 0 Å². The van der Waals surface area contributed by atoms with Gasteiger partial charge in [-0.05, 0) is 12.1 Å². The first-order valence-corrected chi connectivity index (χ1v) is 4.88. The van der Waals surface area contributed by atoms with Crippen molar-refractivity contribution >= 4 is 29.6 Å². The molecule has 0 aliphatic heterocycles. The van der Waals surface area contributed by atoms with Crippen LogP contribution in [0.5, 0.6) is 0 Å². The predicted octanol–water partition coefficient (Wildman–Crippen LogP) is 2.42. The minimum absolute atomic E-state index is 0.539. The molecule has 0 aliphatic rings. The molecule has 0 radical (unpaired) electrons. The van der Waals surface area contributed by atoms with Crippen molar-refractivity contribution in [3.63, 3.8) is 0 Å². The molecule has 1 aromatic rings. The van der Waals surface area contributed by atoms with Gasteiger partial charge in [-0.1, -0.05) is 11.6 Å². The van der Waals surface area contributed by atoms with Gasteiger partial charge in [0.1, 0.15) is 11.3 Å². The van der Waals surface area contributed by atoms with Gasteiger partial charge in [-0.25, -0.2) is 4.98 Å². The van der Waals surface area contributed by atoms with E-state index in [0.29, 0.717) is 11.4 Å². The van der Waals surface area contributed by atoms with Crippen molar-refractivity contribution < 1.29 is 4.79 Å². The molecule has 0 saturated heterocycles. The van der Waals surface area contributed by atoms with E-state index >= 15 is 0 Å². The quantitative estimate of drug-likeness (QED) is 0.426. The Labute approximate surface area is 80.3 Å². The third-order valence-corrected chi connectivity index (χ3v) is 2.65. The molecular weight excluding hydrogens is 194 g/mol. The third-order valence-electron chi connectivity index (χ3n) is 1.20. The van der Waals surface area contributed by atoms with Crippen LogP contribution >= 0.6 is 23.4 Å². The maximum absolute atomic E-state index is 10.0. The fourth-order valence-electron chi connectivity index (χ4n) is 0.681. The first kappa shape index (κ1) is 9.55. The molecule has 64 valence electrons. The van der Waals surface area contributed by atoms with Crippen LogP contribution in [0.2, 0.25) is 5.02 Å². The third kappa shape index (κ3) is 2.83. The Hall–Kier alpha value is -0.540. The van der Waals surface area contributed by atoms with Crippen LogP contribution in [0.3, 0.4) is 0 Å². The van der Waals surface area contributed by atoms with Gasteiger partial charge >= 0.3 is 0 Å². The predicted molar refractivity (Wildman–Crippen MR) is 50.7 cm³/mol. The second-order valence-corrected chi connectivity index (χ2v) is 3.59. The summed E-state index contributed by atoms with van der Waals surface area (Å²) < 4.78 is 0. The Morgan fingerprint density at radius 1 is 1.67 bits per heavy atom. The number of hydrogen-bond acceptors (Lipinski definition) is 3. The van der Waals surface area contributed by atoms with E-state index in [0.717, 1.165) is 17.1 Å². The molecule has 12 heavy (non-hydrogen) atoms. The van der Waals surface area contributed by atoms with Crippen molar-refractivity contribution in [1.82, 2.24) is 4.98 Å². The molecular formula is C8H8ClNOS. The molecule has 0 bridgehead atoms. The lowest BCUT2D eigenvalue weighted by Gasteiger charge is -1.98. The van der Waals surface area contributed by atoms with E-state index in [1.54, 1.807) is 18.3 Å². The Balaban J connectivity index is 2.51. The van der Waals surface area contributed by atoms with Crippen molar-refractivity contribution in [2.24, 2.45) is 0 Å². The van der Waals surface area contributed by atoms with Crippen LogP contribution in [0.15, 0.2) is 23.4 Å². The SMILES string of the molecule is O=CCCSc1ncccc1Cl. The molecule has 1 aromatic heterocycles. The highest BCUT2D eigenvalue weighted by atomic mass is 35.5. The Kier molecular flexibility index (Phi) is 4.11. The molecule has 0 amide bonds. The summed E-state index contributed by atoms with van der Waals surface area (Å²) in [6, 6.07) is 3.57. The second kappa shape index (κ2) is 5.17. The summed E-state index contributed by atoms with van der Waals surface area (Å²) in [6.45, 7) is 0. The first-order valence-electron chi connectivity index (χ1n) is 3.51. The van der Waals surface area contributed by atoms with Crippen molar-refractivity contribution in [1.29, 1.82) is 0 Å². The number of aromatic nitrogens is 1. The minimum Gasteiger partial charge on any atom is -0.303 e. The Bertz CT molecular complexity index is 267. The Morgan fingerprint density at radius 2 is 2.50 bits per heavy atom. The van der Waals surface area contributed by atoms with Crippen LogP contribution in [-0.4, -0.2) is 17.0 Å². The number of halogens is 1. The highest BCUT2D eigenvalue weighted by Gasteiger charge is 1.99. The van der Waals surface area contributed by atoms with Crippen LogP contribution < -0.4 is 0 Å². The number of aldehydes is 1. The summed E-state index contributed by atoms with van der Waals surface area (Å²) in [6.07, 6.45) is 3.12. The van der Waals surface area contributed by atoms with Crippen LogP contribution in [0, 0.1) is 0 Å². The topological polar surface area (TPSA) is 30.0 Å². The van der Waals surface area contributed by atoms with Gasteiger partial charge < -0.3 is 4.79 Å². The lowest BCUT2D eigenvalue weighted by molar-refractivity contribution is -0.107. The maximum Gasteiger partial charge on any atom is 0.120 e. The molecule has 0 aromatic carbocycles. The summed E-state index contributed by atoms with van der Waals surface area (Å²) in [4.78, 5) is 14.1. The number of rotatable bonds is 4. The second-order valence-electron chi connectivity index (χ2n) is 2.09. The summed E-state index contributed by atoms with van der Waals surface area (Å²) in [7, 11) is 0. The largest absolute Gasteiger partial charge is 0.303 e. The average Bonchev–Trinajstić information content (AvgIpc) is 2.09. The molecule has 1 rings (SSSR count). The van der Waals surface area contributed by atoms with E-state index in [9.17, 15) is 4.79 Å². The monoisotopic (exact) mass is 201 g/mol. The molecule has 0 N–H and O–H groups in total. The molecule has 0 spiro atoms. The fraction of sp³-hybridized carbons (Fsp3) is 0.250. The van der Waals surface area contributed by atoms with Crippen molar-refractivity contribution in [3.05, 3.63) is 23.4 Å². The van der Waals surface area contributed by atoms with E-state index < -0.39 is 0 Å². The van der Waals surface area contributed by atoms with Crippen LogP contribution in [-0.2, 0) is 4.79 Å². The van der Waals surface area contributed by atoms with Gasteiger partial charge in [0, 0.05) is 18.4 Å². The molecule has 0 aliphatic carbocycles. The summed E-state index contributed by atoms with van der Waals surface area (Å²) in [5.41, 5.74) is 0. The van der Waals surface area contributed by atoms with Crippen molar-refractivity contribution in [3.8, 4) is 0 Å². The molecule has 0 unspecified atom stereocenters. The summed E-state index contributed by atoms with van der Waals surface area (Å²) >= 11 is 7.33. The highest BCUT2D eigenvalue weighted by molar-refractivity contribution is 7.99. The molecule has 0 fully saturated rings. The normalized spacial score (nSPS) is 9.75. The van der Waals surface area contributed by atoms with Crippen molar-refractivity contribution in [2.75, 3.05) is 5.75 Å². The lowest BCUT2D eigenvalue weighted by Crippen LogP contribution is -1.84. The zero-order chi connectivity index (χ0) is 8.81. The van der Waals surface area contributed by atoms with E-state index in [4.69, 9.17) is 11.6 Å². The number of nitrogens with zero attached hydrogens (tertiary/aromatic N) is 1. The van der Waals surface area contributed by atoms with E-state index in [1.807, 2.05) is 0 Å². The zero-order valence-corrected chi connectivity index (χ0v) is 7.94. The van der Waals surface area contributed by atoms with E-state index in [-0.39, 0.29) is 0 Å².